The molecule has 21 heavy (non-hydrogen) atoms. The fourth-order valence-electron chi connectivity index (χ4n) is 3.49. The number of rotatable bonds is 3. The molecule has 3 atom stereocenters. The van der Waals surface area contributed by atoms with Crippen LogP contribution in [-0.2, 0) is 11.2 Å². The molecule has 3 heteroatoms. The van der Waals surface area contributed by atoms with E-state index in [1.54, 1.807) is 0 Å². The van der Waals surface area contributed by atoms with Crippen molar-refractivity contribution in [3.05, 3.63) is 35.4 Å². The lowest BCUT2D eigenvalue weighted by Crippen LogP contribution is -2.58. The molecule has 0 radical (unpaired) electrons. The molecule has 0 saturated carbocycles. The Morgan fingerprint density at radius 2 is 2.14 bits per heavy atom. The zero-order chi connectivity index (χ0) is 14.8. The van der Waals surface area contributed by atoms with E-state index in [4.69, 9.17) is 4.74 Å². The van der Waals surface area contributed by atoms with Crippen molar-refractivity contribution in [2.75, 3.05) is 26.2 Å². The summed E-state index contributed by atoms with van der Waals surface area (Å²) >= 11 is 0. The normalized spacial score (nSPS) is 30.4. The molecule has 1 aromatic carbocycles. The molecule has 3 unspecified atom stereocenters. The van der Waals surface area contributed by atoms with Gasteiger partial charge in [0.25, 0.3) is 0 Å². The van der Waals surface area contributed by atoms with Crippen LogP contribution in [0.1, 0.15) is 38.0 Å². The Labute approximate surface area is 128 Å². The van der Waals surface area contributed by atoms with Crippen molar-refractivity contribution in [2.24, 2.45) is 5.92 Å². The third kappa shape index (κ3) is 3.31. The van der Waals surface area contributed by atoms with Crippen molar-refractivity contribution in [2.45, 2.75) is 45.4 Å². The van der Waals surface area contributed by atoms with E-state index >= 15 is 0 Å². The molecule has 1 N–H and O–H groups in total. The van der Waals surface area contributed by atoms with Gasteiger partial charge in [-0.05, 0) is 30.4 Å². The number of hydrogen-bond donors (Lipinski definition) is 1. The molecule has 116 valence electrons. The minimum absolute atomic E-state index is 0.239. The van der Waals surface area contributed by atoms with Crippen molar-refractivity contribution in [3.8, 4) is 0 Å². The van der Waals surface area contributed by atoms with Gasteiger partial charge in [-0.1, -0.05) is 38.1 Å². The molecule has 0 aliphatic carbocycles. The summed E-state index contributed by atoms with van der Waals surface area (Å²) in [4.78, 5) is 2.61. The molecule has 1 saturated heterocycles. The predicted molar refractivity (Wildman–Crippen MR) is 86.5 cm³/mol. The summed E-state index contributed by atoms with van der Waals surface area (Å²) in [5.74, 6) is 0.680. The first-order chi connectivity index (χ1) is 10.1. The highest BCUT2D eigenvalue weighted by Gasteiger charge is 2.30. The van der Waals surface area contributed by atoms with Crippen molar-refractivity contribution >= 4 is 0 Å². The van der Waals surface area contributed by atoms with Crippen LogP contribution in [0.15, 0.2) is 24.3 Å². The van der Waals surface area contributed by atoms with Gasteiger partial charge in [-0.2, -0.15) is 0 Å². The quantitative estimate of drug-likeness (QED) is 0.925. The Balaban J connectivity index is 1.71. The zero-order valence-electron chi connectivity index (χ0n) is 13.5. The van der Waals surface area contributed by atoms with Gasteiger partial charge in [0.1, 0.15) is 0 Å². The molecule has 0 bridgehead atoms. The van der Waals surface area contributed by atoms with Gasteiger partial charge in [-0.25, -0.2) is 0 Å². The third-order valence-corrected chi connectivity index (χ3v) is 5.03. The summed E-state index contributed by atoms with van der Waals surface area (Å²) in [6.45, 7) is 11.0. The van der Waals surface area contributed by atoms with Crippen LogP contribution in [0.5, 0.6) is 0 Å². The molecule has 0 aromatic heterocycles. The maximum atomic E-state index is 6.09. The lowest BCUT2D eigenvalue weighted by Gasteiger charge is -2.42. The maximum Gasteiger partial charge on any atom is 0.0954 e. The van der Waals surface area contributed by atoms with Gasteiger partial charge < -0.3 is 10.1 Å². The Kier molecular flexibility index (Phi) is 4.63. The van der Waals surface area contributed by atoms with E-state index in [1.165, 1.54) is 11.1 Å². The number of hydrogen-bond acceptors (Lipinski definition) is 3. The molecule has 3 rings (SSSR count). The van der Waals surface area contributed by atoms with Crippen molar-refractivity contribution in [1.29, 1.82) is 0 Å². The van der Waals surface area contributed by atoms with Gasteiger partial charge in [0.05, 0.1) is 12.7 Å². The van der Waals surface area contributed by atoms with Crippen molar-refractivity contribution in [1.82, 2.24) is 10.2 Å². The van der Waals surface area contributed by atoms with Crippen LogP contribution in [0.4, 0.5) is 0 Å². The number of benzene rings is 1. The van der Waals surface area contributed by atoms with E-state index in [9.17, 15) is 0 Å². The summed E-state index contributed by atoms with van der Waals surface area (Å²) in [5.41, 5.74) is 2.87. The number of ether oxygens (including phenoxy) is 1. The lowest BCUT2D eigenvalue weighted by molar-refractivity contribution is -0.00391. The number of piperazine rings is 1. The van der Waals surface area contributed by atoms with E-state index in [0.29, 0.717) is 18.0 Å². The van der Waals surface area contributed by atoms with E-state index in [2.05, 4.69) is 55.3 Å². The lowest BCUT2D eigenvalue weighted by atomic mass is 9.95. The van der Waals surface area contributed by atoms with E-state index in [0.717, 1.165) is 32.7 Å². The Morgan fingerprint density at radius 1 is 1.33 bits per heavy atom. The van der Waals surface area contributed by atoms with Gasteiger partial charge in [0.15, 0.2) is 0 Å². The average Bonchev–Trinajstić information content (AvgIpc) is 2.49. The maximum absolute atomic E-state index is 6.09. The molecule has 1 aromatic rings. The van der Waals surface area contributed by atoms with Crippen LogP contribution in [0, 0.1) is 5.92 Å². The van der Waals surface area contributed by atoms with Crippen LogP contribution in [0.3, 0.4) is 0 Å². The third-order valence-electron chi connectivity index (χ3n) is 5.03. The first kappa shape index (κ1) is 15.0. The van der Waals surface area contributed by atoms with Crippen LogP contribution < -0.4 is 5.32 Å². The second-order valence-electron chi connectivity index (χ2n) is 6.87. The molecular formula is C18H28N2O. The van der Waals surface area contributed by atoms with E-state index < -0.39 is 0 Å². The molecule has 2 aliphatic rings. The van der Waals surface area contributed by atoms with Crippen molar-refractivity contribution in [3.63, 3.8) is 0 Å². The van der Waals surface area contributed by atoms with Crippen LogP contribution in [0.25, 0.3) is 0 Å². The van der Waals surface area contributed by atoms with Gasteiger partial charge >= 0.3 is 0 Å². The minimum atomic E-state index is 0.239. The fourth-order valence-corrected chi connectivity index (χ4v) is 3.49. The molecular weight excluding hydrogens is 260 g/mol. The summed E-state index contributed by atoms with van der Waals surface area (Å²) in [6.07, 6.45) is 1.29. The second kappa shape index (κ2) is 6.47. The number of nitrogens with zero attached hydrogens (tertiary/aromatic N) is 1. The van der Waals surface area contributed by atoms with Gasteiger partial charge in [0, 0.05) is 31.7 Å². The monoisotopic (exact) mass is 288 g/mol. The Bertz CT molecular complexity index is 474. The van der Waals surface area contributed by atoms with Crippen LogP contribution in [-0.4, -0.2) is 43.2 Å². The molecule has 2 aliphatic heterocycles. The second-order valence-corrected chi connectivity index (χ2v) is 6.87. The molecule has 0 amide bonds. The zero-order valence-corrected chi connectivity index (χ0v) is 13.5. The minimum Gasteiger partial charge on any atom is -0.372 e. The summed E-state index contributed by atoms with van der Waals surface area (Å²) < 4.78 is 6.09. The average molecular weight is 288 g/mol. The van der Waals surface area contributed by atoms with E-state index in [1.807, 2.05) is 0 Å². The molecule has 3 nitrogen and oxygen atoms in total. The number of nitrogens with one attached hydrogen (secondary N) is 1. The van der Waals surface area contributed by atoms with Crippen molar-refractivity contribution < 1.29 is 4.74 Å². The highest BCUT2D eigenvalue weighted by atomic mass is 16.5. The van der Waals surface area contributed by atoms with Crippen LogP contribution in [0.2, 0.25) is 0 Å². The first-order valence-electron chi connectivity index (χ1n) is 8.32. The largest absolute Gasteiger partial charge is 0.372 e. The standard InChI is InChI=1S/C18H28N2O/c1-13(2)17-11-20(14(3)10-19-17)12-18-16-7-5-4-6-15(16)8-9-21-18/h4-7,13-14,17-19H,8-12H2,1-3H3. The SMILES string of the molecule is CC(C)C1CN(CC2OCCc3ccccc32)C(C)CN1. The smallest absolute Gasteiger partial charge is 0.0954 e. The molecule has 2 heterocycles. The van der Waals surface area contributed by atoms with Gasteiger partial charge in [-0.15, -0.1) is 0 Å². The highest BCUT2D eigenvalue weighted by molar-refractivity contribution is 5.31. The highest BCUT2D eigenvalue weighted by Crippen LogP contribution is 2.28. The Hall–Kier alpha value is -0.900. The number of fused-ring (bicyclic) bond motifs is 1. The summed E-state index contributed by atoms with van der Waals surface area (Å²) in [6, 6.07) is 9.95. The van der Waals surface area contributed by atoms with Gasteiger partial charge in [-0.3, -0.25) is 4.90 Å². The topological polar surface area (TPSA) is 24.5 Å². The first-order valence-corrected chi connectivity index (χ1v) is 8.32. The summed E-state index contributed by atoms with van der Waals surface area (Å²) in [7, 11) is 0. The van der Waals surface area contributed by atoms with Crippen LogP contribution >= 0.6 is 0 Å². The van der Waals surface area contributed by atoms with Gasteiger partial charge in [0.2, 0.25) is 0 Å². The molecule has 1 fully saturated rings. The molecule has 0 spiro atoms. The van der Waals surface area contributed by atoms with E-state index in [-0.39, 0.29) is 6.10 Å². The summed E-state index contributed by atoms with van der Waals surface area (Å²) in [5, 5.41) is 3.67. The Morgan fingerprint density at radius 3 is 2.95 bits per heavy atom. The fraction of sp³-hybridized carbons (Fsp3) is 0.667. The predicted octanol–water partition coefficient (Wildman–Crippen LogP) is 2.62.